The third kappa shape index (κ3) is 5.18. The van der Waals surface area contributed by atoms with Gasteiger partial charge < -0.3 is 10.4 Å². The third-order valence-electron chi connectivity index (χ3n) is 7.48. The summed E-state index contributed by atoms with van der Waals surface area (Å²) in [5.41, 5.74) is 1.80. The number of aliphatic hydroxyl groups excluding tert-OH is 1. The van der Waals surface area contributed by atoms with Gasteiger partial charge in [-0.3, -0.25) is 9.69 Å². The lowest BCUT2D eigenvalue weighted by Gasteiger charge is -2.35. The molecule has 170 valence electrons. The number of carbonyl (C=O) groups is 2. The van der Waals surface area contributed by atoms with Gasteiger partial charge >= 0.3 is 11.8 Å². The first-order chi connectivity index (χ1) is 15.1. The molecule has 1 saturated carbocycles. The van der Waals surface area contributed by atoms with Crippen molar-refractivity contribution in [2.45, 2.75) is 83.0 Å². The Hall–Kier alpha value is -1.76. The van der Waals surface area contributed by atoms with Crippen LogP contribution in [0.15, 0.2) is 24.3 Å². The number of benzene rings is 1. The van der Waals surface area contributed by atoms with E-state index in [9.17, 15) is 14.7 Å². The second-order valence-corrected chi connectivity index (χ2v) is 9.74. The molecule has 1 aromatic carbocycles. The molecule has 2 aliphatic heterocycles. The fraction of sp³-hybridized carbons (Fsp3) is 0.680. The number of amides is 2. The summed E-state index contributed by atoms with van der Waals surface area (Å²) in [5, 5.41) is 14.1. The molecular formula is C25H38N3O3+. The number of likely N-dealkylation sites (tertiary alicyclic amines) is 2. The highest BCUT2D eigenvalue weighted by Crippen LogP contribution is 2.28. The van der Waals surface area contributed by atoms with Crippen LogP contribution in [0.1, 0.15) is 80.1 Å². The lowest BCUT2D eigenvalue weighted by Crippen LogP contribution is -2.63. The van der Waals surface area contributed by atoms with Crippen LogP contribution in [-0.4, -0.2) is 64.8 Å². The van der Waals surface area contributed by atoms with Crippen LogP contribution in [-0.2, 0) is 11.3 Å². The number of aliphatic hydroxyl groups is 1. The summed E-state index contributed by atoms with van der Waals surface area (Å²) in [6.07, 6.45) is 9.59. The Balaban J connectivity index is 1.44. The van der Waals surface area contributed by atoms with Gasteiger partial charge in [0.25, 0.3) is 6.23 Å². The third-order valence-corrected chi connectivity index (χ3v) is 7.48. The lowest BCUT2D eigenvalue weighted by molar-refractivity contribution is -0.875. The fourth-order valence-electron chi connectivity index (χ4n) is 5.59. The Labute approximate surface area is 186 Å². The highest BCUT2D eigenvalue weighted by Gasteiger charge is 2.50. The summed E-state index contributed by atoms with van der Waals surface area (Å²) in [7, 11) is 0. The zero-order valence-electron chi connectivity index (χ0n) is 18.7. The molecule has 6 nitrogen and oxygen atoms in total. The molecule has 4 rings (SSSR count). The van der Waals surface area contributed by atoms with E-state index >= 15 is 0 Å². The highest BCUT2D eigenvalue weighted by atomic mass is 16.3. The maximum absolute atomic E-state index is 13.5. The van der Waals surface area contributed by atoms with Crippen molar-refractivity contribution >= 4 is 11.8 Å². The molecule has 31 heavy (non-hydrogen) atoms. The Morgan fingerprint density at radius 2 is 1.55 bits per heavy atom. The Bertz CT molecular complexity index is 746. The number of carbonyl (C=O) groups excluding carboxylic acids is 2. The van der Waals surface area contributed by atoms with E-state index in [1.54, 1.807) is 0 Å². The van der Waals surface area contributed by atoms with Crippen molar-refractivity contribution in [2.24, 2.45) is 0 Å². The molecule has 3 aliphatic rings. The van der Waals surface area contributed by atoms with Crippen molar-refractivity contribution in [3.63, 3.8) is 0 Å². The molecule has 3 fully saturated rings. The van der Waals surface area contributed by atoms with E-state index in [1.165, 1.54) is 31.2 Å². The predicted octanol–water partition coefficient (Wildman–Crippen LogP) is 3.19. The molecule has 0 bridgehead atoms. The van der Waals surface area contributed by atoms with Crippen molar-refractivity contribution in [3.05, 3.63) is 35.4 Å². The molecule has 6 heteroatoms. The Morgan fingerprint density at radius 1 is 0.935 bits per heavy atom. The number of hydrogen-bond donors (Lipinski definition) is 2. The zero-order valence-corrected chi connectivity index (χ0v) is 18.7. The zero-order chi connectivity index (χ0) is 21.7. The first-order valence-corrected chi connectivity index (χ1v) is 12.3. The van der Waals surface area contributed by atoms with Gasteiger partial charge in [-0.25, -0.2) is 9.28 Å². The Kier molecular flexibility index (Phi) is 7.41. The minimum atomic E-state index is -1.33. The van der Waals surface area contributed by atoms with Crippen molar-refractivity contribution in [3.8, 4) is 0 Å². The van der Waals surface area contributed by atoms with Crippen LogP contribution in [0.3, 0.4) is 0 Å². The summed E-state index contributed by atoms with van der Waals surface area (Å²) in [6.45, 7) is 4.24. The summed E-state index contributed by atoms with van der Waals surface area (Å²) in [4.78, 5) is 28.9. The molecule has 0 aromatic heterocycles. The summed E-state index contributed by atoms with van der Waals surface area (Å²) < 4.78 is -0.163. The normalized spacial score (nSPS) is 23.4. The quantitative estimate of drug-likeness (QED) is 0.683. The number of hydrogen-bond acceptors (Lipinski definition) is 4. The van der Waals surface area contributed by atoms with Crippen molar-refractivity contribution in [2.75, 3.05) is 26.2 Å². The Morgan fingerprint density at radius 3 is 2.19 bits per heavy atom. The van der Waals surface area contributed by atoms with E-state index in [4.69, 9.17) is 0 Å². The van der Waals surface area contributed by atoms with Crippen LogP contribution in [0.25, 0.3) is 0 Å². The second kappa shape index (κ2) is 10.2. The maximum atomic E-state index is 13.5. The molecular weight excluding hydrogens is 390 g/mol. The first-order valence-electron chi connectivity index (χ1n) is 12.3. The van der Waals surface area contributed by atoms with Gasteiger partial charge in [0.2, 0.25) is 0 Å². The van der Waals surface area contributed by atoms with Crippen LogP contribution in [0.2, 0.25) is 0 Å². The number of piperidine rings is 1. The summed E-state index contributed by atoms with van der Waals surface area (Å²) >= 11 is 0. The van der Waals surface area contributed by atoms with Crippen LogP contribution in [0.5, 0.6) is 0 Å². The molecule has 0 radical (unpaired) electrons. The van der Waals surface area contributed by atoms with Gasteiger partial charge in [0.1, 0.15) is 0 Å². The average Bonchev–Trinajstić information content (AvgIpc) is 3.31. The van der Waals surface area contributed by atoms with Crippen molar-refractivity contribution in [1.82, 2.24) is 10.2 Å². The average molecular weight is 429 g/mol. The van der Waals surface area contributed by atoms with E-state index in [0.717, 1.165) is 58.2 Å². The van der Waals surface area contributed by atoms with Gasteiger partial charge in [-0.1, -0.05) is 37.8 Å². The van der Waals surface area contributed by atoms with Gasteiger partial charge in [0.05, 0.1) is 18.7 Å². The van der Waals surface area contributed by atoms with Gasteiger partial charge in [-0.15, -0.1) is 0 Å². The molecule has 2 N–H and O–H groups in total. The van der Waals surface area contributed by atoms with Crippen LogP contribution in [0, 0.1) is 0 Å². The molecule has 2 saturated heterocycles. The number of rotatable bonds is 6. The monoisotopic (exact) mass is 428 g/mol. The largest absolute Gasteiger partial charge is 0.348 e. The van der Waals surface area contributed by atoms with E-state index < -0.39 is 6.23 Å². The molecule has 0 spiro atoms. The van der Waals surface area contributed by atoms with E-state index in [0.29, 0.717) is 18.7 Å². The standard InChI is InChI=1S/C25H37N3O3/c29-23(26-22-9-3-1-4-10-22)25(31)28(17-7-8-18-28)24(30)21-13-11-20(12-14-21)19-27-15-5-2-6-16-27/h11-14,22,25,31H,1-10,15-19H2/p+1. The molecule has 1 unspecified atom stereocenters. The summed E-state index contributed by atoms with van der Waals surface area (Å²) in [5.74, 6) is -0.516. The maximum Gasteiger partial charge on any atom is 0.348 e. The number of nitrogens with zero attached hydrogens (tertiary/aromatic N) is 2. The van der Waals surface area contributed by atoms with E-state index in [1.807, 2.05) is 24.3 Å². The predicted molar refractivity (Wildman–Crippen MR) is 120 cm³/mol. The highest BCUT2D eigenvalue weighted by molar-refractivity contribution is 5.91. The van der Waals surface area contributed by atoms with Crippen LogP contribution < -0.4 is 5.32 Å². The van der Waals surface area contributed by atoms with E-state index in [2.05, 4.69) is 10.2 Å². The van der Waals surface area contributed by atoms with Gasteiger partial charge in [-0.2, -0.15) is 0 Å². The second-order valence-electron chi connectivity index (χ2n) is 9.74. The number of quaternary nitrogens is 1. The van der Waals surface area contributed by atoms with Crippen molar-refractivity contribution < 1.29 is 19.2 Å². The topological polar surface area (TPSA) is 69.6 Å². The fourth-order valence-corrected chi connectivity index (χ4v) is 5.59. The molecule has 1 atom stereocenters. The SMILES string of the molecule is O=C(NC1CCCCC1)C(O)[N+]1(C(=O)c2ccc(CN3CCCCC3)cc2)CCCC1. The van der Waals surface area contributed by atoms with Gasteiger partial charge in [0, 0.05) is 25.4 Å². The van der Waals surface area contributed by atoms with Gasteiger partial charge in [0.15, 0.2) is 0 Å². The summed E-state index contributed by atoms with van der Waals surface area (Å²) in [6, 6.07) is 7.95. The van der Waals surface area contributed by atoms with Crippen LogP contribution >= 0.6 is 0 Å². The van der Waals surface area contributed by atoms with Crippen molar-refractivity contribution in [1.29, 1.82) is 0 Å². The molecule has 2 amide bonds. The van der Waals surface area contributed by atoms with Crippen LogP contribution in [0.4, 0.5) is 0 Å². The smallest absolute Gasteiger partial charge is 0.346 e. The van der Waals surface area contributed by atoms with Gasteiger partial charge in [-0.05, 0) is 56.5 Å². The van der Waals surface area contributed by atoms with E-state index in [-0.39, 0.29) is 22.3 Å². The minimum Gasteiger partial charge on any atom is -0.346 e. The lowest BCUT2D eigenvalue weighted by atomic mass is 9.95. The number of nitrogens with one attached hydrogen (secondary N) is 1. The molecule has 1 aliphatic carbocycles. The first kappa shape index (κ1) is 22.4. The minimum absolute atomic E-state index is 0.128. The molecule has 1 aromatic rings. The molecule has 2 heterocycles.